The summed E-state index contributed by atoms with van der Waals surface area (Å²) in [6, 6.07) is 28.8. The molecule has 3 fully saturated rings. The van der Waals surface area contributed by atoms with E-state index < -0.39 is 65.3 Å². The Morgan fingerprint density at radius 2 is 1.46 bits per heavy atom. The number of carbonyl (C=O) groups excluding carboxylic acids is 5. The first-order chi connectivity index (χ1) is 30.7. The number of fused-ring (bicyclic) bond motifs is 3. The average molecular weight is 854 g/mol. The van der Waals surface area contributed by atoms with Crippen LogP contribution >= 0.6 is 0 Å². The van der Waals surface area contributed by atoms with E-state index in [1.165, 1.54) is 14.2 Å². The summed E-state index contributed by atoms with van der Waals surface area (Å²) < 4.78 is 22.2. The number of amides is 2. The fourth-order valence-corrected chi connectivity index (χ4v) is 10.1. The van der Waals surface area contributed by atoms with Gasteiger partial charge in [0.25, 0.3) is 0 Å². The zero-order valence-electron chi connectivity index (χ0n) is 35.4. The van der Waals surface area contributed by atoms with Crippen molar-refractivity contribution >= 4 is 35.4 Å². The first kappa shape index (κ1) is 43.2. The Labute approximate surface area is 366 Å². The van der Waals surface area contributed by atoms with E-state index >= 15 is 14.4 Å². The zero-order valence-corrected chi connectivity index (χ0v) is 35.4. The van der Waals surface area contributed by atoms with Crippen molar-refractivity contribution in [3.05, 3.63) is 131 Å². The Balaban J connectivity index is 1.39. The summed E-state index contributed by atoms with van der Waals surface area (Å²) in [5.41, 5.74) is 1.81. The Kier molecular flexibility index (Phi) is 12.9. The lowest BCUT2D eigenvalue weighted by Gasteiger charge is -2.46. The molecule has 0 radical (unpaired) electrons. The minimum Gasteiger partial charge on any atom is -0.491 e. The van der Waals surface area contributed by atoms with Gasteiger partial charge >= 0.3 is 17.9 Å². The lowest BCUT2D eigenvalue weighted by molar-refractivity contribution is -0.179. The molecule has 0 aliphatic carbocycles. The minimum atomic E-state index is -1.75. The number of nitrogens with zero attached hydrogens (tertiary/aromatic N) is 2. The first-order valence-electron chi connectivity index (χ1n) is 21.5. The van der Waals surface area contributed by atoms with Crippen LogP contribution in [0.4, 0.5) is 5.69 Å². The number of aliphatic hydroxyl groups excluding tert-OH is 1. The minimum absolute atomic E-state index is 0.0227. The number of hydrogen-bond donors (Lipinski definition) is 2. The smallest absolute Gasteiger partial charge is 0.324 e. The predicted molar refractivity (Wildman–Crippen MR) is 231 cm³/mol. The van der Waals surface area contributed by atoms with Crippen LogP contribution in [0.25, 0.3) is 0 Å². The standard InChI is InChI=1S/C50H51N3O10/c1-60-46(56)37(47(57)61-2)23-14-16-32-24-25-39-38(30-32)50(49(59)51-39)40(45(55)52-26-12-4-3-5-13-27-52)42-48(58)63-43(34-19-10-7-11-20-34)41(33-17-8-6-9-18-33)53(42)44(50)35-21-15-22-36(31-35)62-29-28-54/h6-11,15,17-22,24-25,30-31,37,40-44,54H,3-5,12-13,23,26-29H2,1-2H3,(H,51,59). The molecule has 2 N–H and O–H groups in total. The van der Waals surface area contributed by atoms with Crippen LogP contribution in [0.15, 0.2) is 103 Å². The molecule has 13 heteroatoms. The molecule has 6 unspecified atom stereocenters. The Hall–Kier alpha value is -6.49. The number of ether oxygens (including phenoxy) is 4. The highest BCUT2D eigenvalue weighted by Gasteiger charge is 2.74. The number of anilines is 1. The summed E-state index contributed by atoms with van der Waals surface area (Å²) in [5.74, 6) is 0.947. The van der Waals surface area contributed by atoms with Crippen LogP contribution in [0.1, 0.15) is 84.5 Å². The number of methoxy groups -OCH3 is 2. The fraction of sp³-hybridized carbons (Fsp3) is 0.380. The Morgan fingerprint density at radius 1 is 0.810 bits per heavy atom. The van der Waals surface area contributed by atoms with Gasteiger partial charge in [-0.25, -0.2) is 0 Å². The number of benzene rings is 4. The molecular formula is C50H51N3O10. The summed E-state index contributed by atoms with van der Waals surface area (Å²) >= 11 is 0. The van der Waals surface area contributed by atoms with Crippen molar-refractivity contribution in [2.75, 3.05) is 45.8 Å². The molecule has 1 spiro atoms. The highest BCUT2D eigenvalue weighted by molar-refractivity contribution is 6.12. The van der Waals surface area contributed by atoms with Crippen molar-refractivity contribution in [1.82, 2.24) is 9.80 Å². The number of rotatable bonds is 10. The normalized spacial score (nSPS) is 24.2. The molecule has 0 bridgehead atoms. The number of hydrogen-bond acceptors (Lipinski definition) is 11. The lowest BCUT2D eigenvalue weighted by atomic mass is 9.65. The number of morpholine rings is 1. The summed E-state index contributed by atoms with van der Waals surface area (Å²) in [6.07, 6.45) is 3.50. The van der Waals surface area contributed by atoms with Crippen LogP contribution in [-0.4, -0.2) is 91.2 Å². The van der Waals surface area contributed by atoms with Gasteiger partial charge in [-0.2, -0.15) is 0 Å². The summed E-state index contributed by atoms with van der Waals surface area (Å²) in [4.78, 5) is 75.5. The first-order valence-corrected chi connectivity index (χ1v) is 21.5. The molecule has 326 valence electrons. The SMILES string of the molecule is COC(=O)C(CC#Cc1ccc2c(c1)C1(C(=O)N2)C(C(=O)N2CCCCCCC2)C2C(=O)OC(c3ccccc3)C(c3ccccc3)N2C1c1cccc(OCCO)c1)C(=O)OC. The predicted octanol–water partition coefficient (Wildman–Crippen LogP) is 5.83. The molecule has 4 heterocycles. The maximum Gasteiger partial charge on any atom is 0.324 e. The van der Waals surface area contributed by atoms with Gasteiger partial charge in [0.2, 0.25) is 11.8 Å². The van der Waals surface area contributed by atoms with Crippen molar-refractivity contribution in [3.8, 4) is 17.6 Å². The van der Waals surface area contributed by atoms with Gasteiger partial charge in [-0.15, -0.1) is 0 Å². The highest BCUT2D eigenvalue weighted by Crippen LogP contribution is 2.65. The van der Waals surface area contributed by atoms with Crippen molar-refractivity contribution in [2.24, 2.45) is 11.8 Å². The van der Waals surface area contributed by atoms with Crippen LogP contribution < -0.4 is 10.1 Å². The molecule has 63 heavy (non-hydrogen) atoms. The summed E-state index contributed by atoms with van der Waals surface area (Å²) in [5, 5.41) is 12.9. The van der Waals surface area contributed by atoms with Gasteiger partial charge in [0.05, 0.1) is 38.8 Å². The number of nitrogens with one attached hydrogen (secondary N) is 1. The number of carbonyl (C=O) groups is 5. The fourth-order valence-electron chi connectivity index (χ4n) is 10.1. The monoisotopic (exact) mass is 853 g/mol. The van der Waals surface area contributed by atoms with Gasteiger partial charge in [0.1, 0.15) is 29.9 Å². The van der Waals surface area contributed by atoms with E-state index in [4.69, 9.17) is 18.9 Å². The molecule has 4 aliphatic heterocycles. The van der Waals surface area contributed by atoms with Gasteiger partial charge in [-0.05, 0) is 65.4 Å². The Morgan fingerprint density at radius 3 is 2.13 bits per heavy atom. The second-order valence-electron chi connectivity index (χ2n) is 16.3. The van der Waals surface area contributed by atoms with Gasteiger partial charge < -0.3 is 34.3 Å². The largest absolute Gasteiger partial charge is 0.491 e. The molecular weight excluding hydrogens is 803 g/mol. The second kappa shape index (κ2) is 18.9. The van der Waals surface area contributed by atoms with Crippen LogP contribution in [0.2, 0.25) is 0 Å². The van der Waals surface area contributed by atoms with Crippen LogP contribution in [-0.2, 0) is 43.6 Å². The third kappa shape index (κ3) is 8.05. The number of aliphatic hydroxyl groups is 1. The molecule has 4 aromatic carbocycles. The molecule has 8 rings (SSSR count). The van der Waals surface area contributed by atoms with Gasteiger partial charge in [0, 0.05) is 30.8 Å². The number of cyclic esters (lactones) is 1. The third-order valence-corrected chi connectivity index (χ3v) is 12.8. The average Bonchev–Trinajstić information content (AvgIpc) is 3.78. The van der Waals surface area contributed by atoms with Gasteiger partial charge in [-0.3, -0.25) is 28.9 Å². The molecule has 0 saturated carbocycles. The molecule has 6 atom stereocenters. The van der Waals surface area contributed by atoms with E-state index in [1.807, 2.05) is 82.6 Å². The number of likely N-dealkylation sites (tertiary alicyclic amines) is 1. The van der Waals surface area contributed by atoms with Crippen molar-refractivity contribution in [2.45, 2.75) is 68.2 Å². The molecule has 2 amide bonds. The van der Waals surface area contributed by atoms with E-state index in [0.29, 0.717) is 41.2 Å². The van der Waals surface area contributed by atoms with E-state index in [0.717, 1.165) is 43.2 Å². The van der Waals surface area contributed by atoms with E-state index in [-0.39, 0.29) is 25.5 Å². The second-order valence-corrected chi connectivity index (χ2v) is 16.3. The third-order valence-electron chi connectivity index (χ3n) is 12.8. The maximum absolute atomic E-state index is 15.8. The van der Waals surface area contributed by atoms with Gasteiger partial charge in [0.15, 0.2) is 5.92 Å². The highest BCUT2D eigenvalue weighted by atomic mass is 16.6. The summed E-state index contributed by atoms with van der Waals surface area (Å²) in [7, 11) is 2.36. The van der Waals surface area contributed by atoms with Crippen molar-refractivity contribution in [3.63, 3.8) is 0 Å². The Bertz CT molecular complexity index is 2390. The van der Waals surface area contributed by atoms with Crippen LogP contribution in [0, 0.1) is 23.7 Å². The zero-order chi connectivity index (χ0) is 44.1. The number of esters is 3. The van der Waals surface area contributed by atoms with Crippen LogP contribution in [0.3, 0.4) is 0 Å². The molecule has 4 aromatic rings. The van der Waals surface area contributed by atoms with Crippen molar-refractivity contribution in [1.29, 1.82) is 0 Å². The lowest BCUT2D eigenvalue weighted by Crippen LogP contribution is -2.55. The summed E-state index contributed by atoms with van der Waals surface area (Å²) in [6.45, 7) is 0.741. The topological polar surface area (TPSA) is 161 Å². The van der Waals surface area contributed by atoms with Gasteiger partial charge in [-0.1, -0.05) is 104 Å². The van der Waals surface area contributed by atoms with Crippen LogP contribution in [0.5, 0.6) is 5.75 Å². The molecule has 4 aliphatic rings. The van der Waals surface area contributed by atoms with E-state index in [9.17, 15) is 14.7 Å². The quantitative estimate of drug-likeness (QED) is 0.0856. The van der Waals surface area contributed by atoms with E-state index in [1.54, 1.807) is 30.3 Å². The van der Waals surface area contributed by atoms with Crippen molar-refractivity contribution < 1.29 is 48.0 Å². The van der Waals surface area contributed by atoms with E-state index in [2.05, 4.69) is 17.2 Å². The molecule has 13 nitrogen and oxygen atoms in total. The molecule has 0 aromatic heterocycles. The maximum atomic E-state index is 15.8. The molecule has 3 saturated heterocycles.